The molecule has 1 amide bonds. The SMILES string of the molecule is Cc1c(/C=N\NC(=O)[C@@H]2COc3ccccc3O2)c2ccccc2n1C. The second kappa shape index (κ2) is 6.55. The topological polar surface area (TPSA) is 64.8 Å². The van der Waals surface area contributed by atoms with Crippen molar-refractivity contribution in [1.29, 1.82) is 0 Å². The first-order valence-electron chi connectivity index (χ1n) is 8.40. The Labute approximate surface area is 151 Å². The fourth-order valence-corrected chi connectivity index (χ4v) is 3.09. The predicted octanol–water partition coefficient (Wildman–Crippen LogP) is 2.78. The summed E-state index contributed by atoms with van der Waals surface area (Å²) in [7, 11) is 2.01. The van der Waals surface area contributed by atoms with E-state index in [2.05, 4.69) is 21.2 Å². The molecule has 0 unspecified atom stereocenters. The summed E-state index contributed by atoms with van der Waals surface area (Å²) >= 11 is 0. The number of aryl methyl sites for hydroxylation is 1. The van der Waals surface area contributed by atoms with E-state index in [4.69, 9.17) is 9.47 Å². The molecule has 1 aliphatic rings. The van der Waals surface area contributed by atoms with Crippen molar-refractivity contribution in [2.24, 2.45) is 12.1 Å². The Balaban J connectivity index is 1.48. The normalized spacial score (nSPS) is 16.2. The fraction of sp³-hybridized carbons (Fsp3) is 0.200. The van der Waals surface area contributed by atoms with Crippen LogP contribution in [0.3, 0.4) is 0 Å². The minimum absolute atomic E-state index is 0.158. The number of hydrazone groups is 1. The van der Waals surface area contributed by atoms with Crippen LogP contribution in [0.1, 0.15) is 11.3 Å². The van der Waals surface area contributed by atoms with Gasteiger partial charge in [0.1, 0.15) is 6.61 Å². The van der Waals surface area contributed by atoms with Crippen LogP contribution in [-0.4, -0.2) is 29.4 Å². The zero-order valence-corrected chi connectivity index (χ0v) is 14.6. The molecule has 0 saturated carbocycles. The van der Waals surface area contributed by atoms with Gasteiger partial charge in [0.2, 0.25) is 6.10 Å². The van der Waals surface area contributed by atoms with Gasteiger partial charge in [0.15, 0.2) is 11.5 Å². The number of para-hydroxylation sites is 3. The van der Waals surface area contributed by atoms with E-state index in [0.29, 0.717) is 11.5 Å². The summed E-state index contributed by atoms with van der Waals surface area (Å²) in [6.45, 7) is 2.18. The second-order valence-corrected chi connectivity index (χ2v) is 6.17. The Morgan fingerprint density at radius 1 is 1.19 bits per heavy atom. The average Bonchev–Trinajstić information content (AvgIpc) is 2.92. The number of carbonyl (C=O) groups is 1. The quantitative estimate of drug-likeness (QED) is 0.584. The van der Waals surface area contributed by atoms with Gasteiger partial charge in [0.05, 0.1) is 6.21 Å². The van der Waals surface area contributed by atoms with E-state index in [1.54, 1.807) is 12.3 Å². The van der Waals surface area contributed by atoms with Crippen LogP contribution in [0.5, 0.6) is 11.5 Å². The van der Waals surface area contributed by atoms with Crippen molar-refractivity contribution in [3.63, 3.8) is 0 Å². The van der Waals surface area contributed by atoms with Gasteiger partial charge >= 0.3 is 0 Å². The summed E-state index contributed by atoms with van der Waals surface area (Å²) in [6.07, 6.45) is 0.948. The monoisotopic (exact) mass is 349 g/mol. The van der Waals surface area contributed by atoms with Gasteiger partial charge in [-0.1, -0.05) is 30.3 Å². The van der Waals surface area contributed by atoms with Crippen LogP contribution in [0.15, 0.2) is 53.6 Å². The first-order valence-corrected chi connectivity index (χ1v) is 8.40. The number of nitrogens with one attached hydrogen (secondary N) is 1. The van der Waals surface area contributed by atoms with Gasteiger partial charge in [-0.3, -0.25) is 4.79 Å². The van der Waals surface area contributed by atoms with E-state index in [9.17, 15) is 4.79 Å². The smallest absolute Gasteiger partial charge is 0.284 e. The average molecular weight is 349 g/mol. The number of amides is 1. The van der Waals surface area contributed by atoms with Crippen molar-refractivity contribution < 1.29 is 14.3 Å². The van der Waals surface area contributed by atoms with E-state index in [-0.39, 0.29) is 12.5 Å². The minimum atomic E-state index is -0.726. The molecule has 1 aliphatic heterocycles. The lowest BCUT2D eigenvalue weighted by atomic mass is 10.1. The minimum Gasteiger partial charge on any atom is -0.485 e. The number of fused-ring (bicyclic) bond motifs is 2. The highest BCUT2D eigenvalue weighted by atomic mass is 16.6. The summed E-state index contributed by atoms with van der Waals surface area (Å²) in [5.74, 6) is 0.868. The zero-order chi connectivity index (χ0) is 18.1. The number of hydrogen-bond donors (Lipinski definition) is 1. The Bertz CT molecular complexity index is 1010. The zero-order valence-electron chi connectivity index (χ0n) is 14.6. The Kier molecular flexibility index (Phi) is 4.08. The van der Waals surface area contributed by atoms with Gasteiger partial charge in [-0.05, 0) is 25.1 Å². The molecule has 2 heterocycles. The molecule has 3 aromatic rings. The third kappa shape index (κ3) is 2.79. The molecule has 0 fully saturated rings. The van der Waals surface area contributed by atoms with Crippen molar-refractivity contribution in [3.8, 4) is 11.5 Å². The van der Waals surface area contributed by atoms with E-state index in [0.717, 1.165) is 22.2 Å². The van der Waals surface area contributed by atoms with Gasteiger partial charge in [0.25, 0.3) is 5.91 Å². The fourth-order valence-electron chi connectivity index (χ4n) is 3.09. The number of ether oxygens (including phenoxy) is 2. The molecule has 2 aromatic carbocycles. The molecule has 0 radical (unpaired) electrons. The van der Waals surface area contributed by atoms with Crippen LogP contribution in [0.4, 0.5) is 0 Å². The molecule has 1 atom stereocenters. The number of nitrogens with zero attached hydrogens (tertiary/aromatic N) is 2. The summed E-state index contributed by atoms with van der Waals surface area (Å²) < 4.78 is 13.3. The van der Waals surface area contributed by atoms with E-state index >= 15 is 0 Å². The molecule has 0 spiro atoms. The van der Waals surface area contributed by atoms with Crippen molar-refractivity contribution in [2.45, 2.75) is 13.0 Å². The van der Waals surface area contributed by atoms with Gasteiger partial charge in [-0.25, -0.2) is 5.43 Å². The summed E-state index contributed by atoms with van der Waals surface area (Å²) in [5, 5.41) is 5.22. The summed E-state index contributed by atoms with van der Waals surface area (Å²) in [6, 6.07) is 15.4. The Morgan fingerprint density at radius 3 is 2.77 bits per heavy atom. The number of rotatable bonds is 3. The number of hydrogen-bond acceptors (Lipinski definition) is 4. The van der Waals surface area contributed by atoms with Crippen LogP contribution in [-0.2, 0) is 11.8 Å². The van der Waals surface area contributed by atoms with Gasteiger partial charge in [-0.2, -0.15) is 5.10 Å². The molecular formula is C20H19N3O3. The van der Waals surface area contributed by atoms with Crippen molar-refractivity contribution in [3.05, 3.63) is 59.8 Å². The van der Waals surface area contributed by atoms with Gasteiger partial charge in [0, 0.05) is 29.2 Å². The van der Waals surface area contributed by atoms with Crippen LogP contribution >= 0.6 is 0 Å². The highest BCUT2D eigenvalue weighted by Gasteiger charge is 2.27. The van der Waals surface area contributed by atoms with E-state index in [1.807, 2.05) is 50.4 Å². The maximum Gasteiger partial charge on any atom is 0.284 e. The molecule has 1 N–H and O–H groups in total. The third-order valence-corrected chi connectivity index (χ3v) is 4.62. The van der Waals surface area contributed by atoms with E-state index in [1.165, 1.54) is 0 Å². The molecule has 26 heavy (non-hydrogen) atoms. The molecule has 4 rings (SSSR count). The third-order valence-electron chi connectivity index (χ3n) is 4.62. The maximum absolute atomic E-state index is 12.3. The van der Waals surface area contributed by atoms with Gasteiger partial charge in [-0.15, -0.1) is 0 Å². The summed E-state index contributed by atoms with van der Waals surface area (Å²) in [5.41, 5.74) is 5.73. The highest BCUT2D eigenvalue weighted by Crippen LogP contribution is 2.30. The molecule has 0 bridgehead atoms. The second-order valence-electron chi connectivity index (χ2n) is 6.17. The largest absolute Gasteiger partial charge is 0.485 e. The van der Waals surface area contributed by atoms with Crippen LogP contribution in [0.2, 0.25) is 0 Å². The Morgan fingerprint density at radius 2 is 1.92 bits per heavy atom. The predicted molar refractivity (Wildman–Crippen MR) is 99.7 cm³/mol. The van der Waals surface area contributed by atoms with Crippen molar-refractivity contribution >= 4 is 23.0 Å². The van der Waals surface area contributed by atoms with Crippen LogP contribution in [0.25, 0.3) is 10.9 Å². The molecule has 6 nitrogen and oxygen atoms in total. The first-order chi connectivity index (χ1) is 12.6. The lowest BCUT2D eigenvalue weighted by molar-refractivity contribution is -0.130. The lowest BCUT2D eigenvalue weighted by Crippen LogP contribution is -2.42. The molecule has 0 aliphatic carbocycles. The lowest BCUT2D eigenvalue weighted by Gasteiger charge is -2.24. The summed E-state index contributed by atoms with van der Waals surface area (Å²) in [4.78, 5) is 12.3. The highest BCUT2D eigenvalue weighted by molar-refractivity contribution is 6.01. The van der Waals surface area contributed by atoms with Crippen LogP contribution < -0.4 is 14.9 Å². The molecule has 6 heteroatoms. The van der Waals surface area contributed by atoms with Crippen LogP contribution in [0, 0.1) is 6.92 Å². The molecule has 132 valence electrons. The standard InChI is InChI=1S/C20H19N3O3/c1-13-15(14-7-3-4-8-16(14)23(13)2)11-21-22-20(24)19-12-25-17-9-5-6-10-18(17)26-19/h3-11,19H,12H2,1-2H3,(H,22,24)/b21-11-/t19-/m0/s1. The molecular weight excluding hydrogens is 330 g/mol. The Hall–Kier alpha value is -3.28. The van der Waals surface area contributed by atoms with Crippen molar-refractivity contribution in [1.82, 2.24) is 9.99 Å². The maximum atomic E-state index is 12.3. The number of aromatic nitrogens is 1. The number of benzene rings is 2. The van der Waals surface area contributed by atoms with Gasteiger partial charge < -0.3 is 14.0 Å². The van der Waals surface area contributed by atoms with Crippen molar-refractivity contribution in [2.75, 3.05) is 6.61 Å². The first kappa shape index (κ1) is 16.2. The number of carbonyl (C=O) groups excluding carboxylic acids is 1. The molecule has 1 aromatic heterocycles. The molecule has 0 saturated heterocycles. The van der Waals surface area contributed by atoms with E-state index < -0.39 is 6.10 Å².